The van der Waals surface area contributed by atoms with E-state index >= 15 is 0 Å². The number of aryl methyl sites for hydroxylation is 2. The van der Waals surface area contributed by atoms with Crippen LogP contribution < -0.4 is 0 Å². The van der Waals surface area contributed by atoms with E-state index in [-0.39, 0.29) is 57.2 Å². The third-order valence-electron chi connectivity index (χ3n) is 15.3. The summed E-state index contributed by atoms with van der Waals surface area (Å²) in [6.07, 6.45) is 72.8. The zero-order valence-corrected chi connectivity index (χ0v) is 58.1. The van der Waals surface area contributed by atoms with Gasteiger partial charge in [0.15, 0.2) is 0 Å². The van der Waals surface area contributed by atoms with Crippen molar-refractivity contribution in [3.8, 4) is 0 Å². The molecule has 496 valence electrons. The first-order chi connectivity index (χ1) is 47.1. The number of fused-ring (bicyclic) bond motifs is 2. The van der Waals surface area contributed by atoms with Gasteiger partial charge in [0.1, 0.15) is 0 Å². The van der Waals surface area contributed by atoms with Crippen molar-refractivity contribution >= 4 is 34.7 Å². The smallest absolute Gasteiger partial charge is 0.665 e. The number of carboxylic acids is 2. The molecule has 98 heavy (non-hydrogen) atoms. The number of para-hydroxylation sites is 2. The molecule has 14 rings (SSSR count). The number of aliphatic carboxylic acids is 2. The number of allylic oxidation sites excluding steroid dienone is 24. The molecule has 0 bridgehead atoms. The van der Waals surface area contributed by atoms with E-state index in [1.165, 1.54) is 22.3 Å². The van der Waals surface area contributed by atoms with Crippen molar-refractivity contribution in [3.05, 3.63) is 402 Å². The van der Waals surface area contributed by atoms with E-state index in [0.717, 1.165) is 138 Å². The van der Waals surface area contributed by atoms with E-state index in [1.807, 2.05) is 195 Å². The standard InChI is InChI=1S/C21H24N2O2.C19H20N2O2.4C10H8N2.2Ru/c1-21(2)16-9-6-7-10-17(16)23-20(21)18-14-15(12-13-22-18)8-4-3-5-11-19(24)25;22-19(23)9-3-1-2-6-14-10-11-20-17(12-14)18-13-15-7-4-5-8-16(15)21-18;4*1-3-7-11-9(5-1)10-6-2-4-8-12-10;;/h6-7,9-10,12-14H,3-5,8,11H2,1-2H3,(H,24,25);4-5,7-8,10-12H,1-3,6,9,13H2,(H,22,23);4*1-8H;;/q;;4*-2;2*+4. The molecule has 0 unspecified atom stereocenters. The molecule has 10 aliphatic heterocycles. The molecule has 18 heteroatoms. The van der Waals surface area contributed by atoms with Gasteiger partial charge in [-0.3, -0.25) is 24.5 Å². The van der Waals surface area contributed by atoms with Gasteiger partial charge in [0.25, 0.3) is 0 Å². The van der Waals surface area contributed by atoms with Crippen molar-refractivity contribution in [2.45, 2.75) is 89.9 Å². The molecule has 2 aromatic carbocycles. The van der Waals surface area contributed by atoms with Gasteiger partial charge in [0, 0.05) is 37.1 Å². The Bertz CT molecular complexity index is 3760. The molecule has 4 aromatic rings. The number of pyridine rings is 2. The van der Waals surface area contributed by atoms with Crippen LogP contribution in [0.25, 0.3) is 42.5 Å². The van der Waals surface area contributed by atoms with Gasteiger partial charge < -0.3 is 52.7 Å². The fraction of sp³-hybridized carbons (Fsp3) is 0.175. The third-order valence-corrected chi connectivity index (χ3v) is 15.3. The Labute approximate surface area is 601 Å². The van der Waals surface area contributed by atoms with Crippen LogP contribution in [-0.4, -0.2) is 43.5 Å². The quantitative estimate of drug-likeness (QED) is 0.0919. The number of aromatic nitrogens is 2. The first kappa shape index (κ1) is 74.9. The maximum Gasteiger partial charge on any atom is 4.00 e. The molecule has 0 radical (unpaired) electrons. The number of benzene rings is 2. The van der Waals surface area contributed by atoms with Crippen LogP contribution >= 0.6 is 0 Å². The number of hydrogen-bond acceptors (Lipinski definition) is 6. The molecule has 0 saturated heterocycles. The number of carboxylic acid groups (broad SMARTS) is 2. The van der Waals surface area contributed by atoms with Crippen molar-refractivity contribution in [2.24, 2.45) is 9.98 Å². The molecule has 2 aromatic heterocycles. The Morgan fingerprint density at radius 3 is 1.07 bits per heavy atom. The minimum Gasteiger partial charge on any atom is -0.665 e. The molecule has 0 aliphatic carbocycles. The summed E-state index contributed by atoms with van der Waals surface area (Å²) >= 11 is 0. The van der Waals surface area contributed by atoms with E-state index in [1.54, 1.807) is 49.6 Å². The van der Waals surface area contributed by atoms with E-state index in [0.29, 0.717) is 0 Å². The van der Waals surface area contributed by atoms with Crippen molar-refractivity contribution in [1.82, 2.24) is 9.97 Å². The van der Waals surface area contributed by atoms with Crippen molar-refractivity contribution in [1.29, 1.82) is 0 Å². The van der Waals surface area contributed by atoms with Crippen LogP contribution in [-0.2, 0) is 73.2 Å². The maximum atomic E-state index is 10.6. The second-order valence-electron chi connectivity index (χ2n) is 22.7. The number of aliphatic imine (C=N–C) groups is 2. The monoisotopic (exact) mass is 1470 g/mol. The van der Waals surface area contributed by atoms with Crippen LogP contribution in [0.2, 0.25) is 0 Å². The van der Waals surface area contributed by atoms with Crippen LogP contribution in [0.15, 0.2) is 336 Å². The molecule has 0 amide bonds. The third kappa shape index (κ3) is 24.0. The Balaban J connectivity index is 0.000000170. The molecule has 0 atom stereocenters. The van der Waals surface area contributed by atoms with Crippen LogP contribution in [0.5, 0.6) is 0 Å². The topological polar surface area (TPSA) is 238 Å². The predicted octanol–water partition coefficient (Wildman–Crippen LogP) is 21.1. The molecule has 0 fully saturated rings. The average molecular weight is 1470 g/mol. The Morgan fingerprint density at radius 1 is 0.398 bits per heavy atom. The van der Waals surface area contributed by atoms with Gasteiger partial charge in [-0.1, -0.05) is 195 Å². The summed E-state index contributed by atoms with van der Waals surface area (Å²) < 4.78 is 0. The predicted molar refractivity (Wildman–Crippen MR) is 391 cm³/mol. The van der Waals surface area contributed by atoms with Crippen LogP contribution in [0, 0.1) is 0 Å². The summed E-state index contributed by atoms with van der Waals surface area (Å²) in [5, 5.41) is 50.8. The van der Waals surface area contributed by atoms with Gasteiger partial charge in [-0.05, 0) is 111 Å². The van der Waals surface area contributed by atoms with E-state index in [9.17, 15) is 9.59 Å². The number of nitrogens with zero attached hydrogens (tertiary/aromatic N) is 12. The van der Waals surface area contributed by atoms with Gasteiger partial charge in [-0.25, -0.2) is 4.99 Å². The molecular weight excluding hydrogens is 1400 g/mol. The molecule has 0 saturated carbocycles. The second kappa shape index (κ2) is 40.8. The number of carbonyl (C=O) groups is 2. The number of hydrogen-bond donors (Lipinski definition) is 2. The second-order valence-corrected chi connectivity index (χ2v) is 22.7. The first-order valence-corrected chi connectivity index (χ1v) is 32.1. The van der Waals surface area contributed by atoms with Crippen molar-refractivity contribution < 1.29 is 58.8 Å². The van der Waals surface area contributed by atoms with E-state index < -0.39 is 11.9 Å². The van der Waals surface area contributed by atoms with Crippen molar-refractivity contribution in [2.75, 3.05) is 0 Å². The van der Waals surface area contributed by atoms with E-state index in [4.69, 9.17) is 15.2 Å². The average Bonchev–Trinajstić information content (AvgIpc) is 1.61. The summed E-state index contributed by atoms with van der Waals surface area (Å²) in [4.78, 5) is 39.6. The molecule has 10 aliphatic rings. The first-order valence-electron chi connectivity index (χ1n) is 32.1. The van der Waals surface area contributed by atoms with Gasteiger partial charge in [0.2, 0.25) is 0 Å². The van der Waals surface area contributed by atoms with Crippen molar-refractivity contribution in [3.63, 3.8) is 0 Å². The van der Waals surface area contributed by atoms with Gasteiger partial charge in [-0.15, -0.1) is 0 Å². The Morgan fingerprint density at radius 2 is 0.735 bits per heavy atom. The SMILES string of the molecule is C1=C[N-]C(=C2C=CC=C[N-]2)C=C1.C1=C[N-]C(=C2C=CC=C[N-]2)C=C1.C1=C[N-]C(=C2C=CC=C[N-]2)C=C1.C1=C[N-]C(=C2C=CC=C[N-]2)C=C1.CC1(C)C(c2cc(CCCCCC(=O)O)ccn2)=Nc2ccccc21.O=C(O)CCCCCc1ccnc(C2=Nc3ccccc3C2)c1.[Ru+4].[Ru+4]. The molecule has 16 nitrogen and oxygen atoms in total. The summed E-state index contributed by atoms with van der Waals surface area (Å²) in [6, 6.07) is 24.8. The summed E-state index contributed by atoms with van der Waals surface area (Å²) in [5.41, 5.74) is 18.1. The largest absolute Gasteiger partial charge is 4.00 e. The zero-order chi connectivity index (χ0) is 66.8. The molecule has 2 N–H and O–H groups in total. The Kier molecular flexibility index (Phi) is 31.1. The minimum atomic E-state index is -0.716. The molecule has 12 heterocycles. The zero-order valence-electron chi connectivity index (χ0n) is 54.6. The van der Waals surface area contributed by atoms with E-state index in [2.05, 4.69) is 108 Å². The van der Waals surface area contributed by atoms with Crippen LogP contribution in [0.3, 0.4) is 0 Å². The fourth-order valence-corrected chi connectivity index (χ4v) is 10.4. The van der Waals surface area contributed by atoms with Crippen LogP contribution in [0.4, 0.5) is 11.4 Å². The maximum absolute atomic E-state index is 10.6. The Hall–Kier alpha value is -10.5. The summed E-state index contributed by atoms with van der Waals surface area (Å²) in [7, 11) is 0. The number of unbranched alkanes of at least 4 members (excludes halogenated alkanes) is 4. The van der Waals surface area contributed by atoms with Gasteiger partial charge in [0.05, 0.1) is 34.2 Å². The summed E-state index contributed by atoms with van der Waals surface area (Å²) in [6.45, 7) is 4.38. The molecule has 0 spiro atoms. The van der Waals surface area contributed by atoms with Gasteiger partial charge in [-0.2, -0.15) is 95.2 Å². The van der Waals surface area contributed by atoms with Crippen LogP contribution in [0.1, 0.15) is 98.9 Å². The van der Waals surface area contributed by atoms with Gasteiger partial charge >= 0.3 is 50.9 Å². The molecular formula is C80H76N12O4Ru2. The number of rotatable bonds is 14. The minimum absolute atomic E-state index is 0. The summed E-state index contributed by atoms with van der Waals surface area (Å²) in [5.74, 6) is -1.43. The fourth-order valence-electron chi connectivity index (χ4n) is 10.4. The normalized spacial score (nSPS) is 19.2.